The number of amides is 2. The number of benzene rings is 2. The molecule has 10 rings (SSSR count). The molecule has 2 spiro atoms. The minimum atomic E-state index is -1.03. The number of anilines is 2. The van der Waals surface area contributed by atoms with Gasteiger partial charge in [0.1, 0.15) is 11.8 Å². The van der Waals surface area contributed by atoms with E-state index in [4.69, 9.17) is 42.6 Å². The van der Waals surface area contributed by atoms with Gasteiger partial charge in [-0.05, 0) is 135 Å². The Morgan fingerprint density at radius 2 is 0.946 bits per heavy atom. The summed E-state index contributed by atoms with van der Waals surface area (Å²) >= 11 is 12.7. The number of hydrogen-bond donors (Lipinski definition) is 2. The van der Waals surface area contributed by atoms with Gasteiger partial charge in [-0.3, -0.25) is 19.2 Å². The Morgan fingerprint density at radius 1 is 0.554 bits per heavy atom. The molecule has 4 bridgehead atoms. The summed E-state index contributed by atoms with van der Waals surface area (Å²) < 4.78 is 12.9. The topological polar surface area (TPSA) is 166 Å². The smallest absolute Gasteiger partial charge is 0.313 e. The van der Waals surface area contributed by atoms with E-state index in [1.54, 1.807) is 36.0 Å². The highest BCUT2D eigenvalue weighted by Crippen LogP contribution is 2.46. The second kappa shape index (κ2) is 23.5. The van der Waals surface area contributed by atoms with Gasteiger partial charge >= 0.3 is 11.9 Å². The quantitative estimate of drug-likeness (QED) is 0.195. The molecule has 396 valence electrons. The van der Waals surface area contributed by atoms with Crippen LogP contribution in [-0.2, 0) is 42.8 Å². The molecule has 0 radical (unpaired) electrons. The highest BCUT2D eigenvalue weighted by atomic mass is 35.5. The molecule has 2 aliphatic carbocycles. The van der Waals surface area contributed by atoms with Gasteiger partial charge in [-0.25, -0.2) is 9.97 Å². The van der Waals surface area contributed by atoms with Gasteiger partial charge in [0.15, 0.2) is 23.1 Å². The number of halogens is 2. The Bertz CT molecular complexity index is 2520. The minimum absolute atomic E-state index is 0.101. The third kappa shape index (κ3) is 11.9. The Morgan fingerprint density at radius 3 is 1.35 bits per heavy atom. The lowest BCUT2D eigenvalue weighted by Gasteiger charge is -2.40. The summed E-state index contributed by atoms with van der Waals surface area (Å²) in [6.07, 6.45) is 16.4. The van der Waals surface area contributed by atoms with E-state index in [1.807, 2.05) is 24.3 Å². The lowest BCUT2D eigenvalue weighted by Crippen LogP contribution is -2.46. The summed E-state index contributed by atoms with van der Waals surface area (Å²) in [7, 11) is 3.52. The number of carbonyl (C=O) groups is 4. The van der Waals surface area contributed by atoms with Gasteiger partial charge in [0.05, 0.1) is 24.6 Å². The van der Waals surface area contributed by atoms with Crippen LogP contribution in [0.4, 0.5) is 11.6 Å². The highest BCUT2D eigenvalue weighted by molar-refractivity contribution is 6.31. The number of carbonyl (C=O) groups excluding carboxylic acids is 2. The van der Waals surface area contributed by atoms with Crippen molar-refractivity contribution in [3.63, 3.8) is 0 Å². The van der Waals surface area contributed by atoms with Crippen LogP contribution >= 0.6 is 23.2 Å². The lowest BCUT2D eigenvalue weighted by molar-refractivity contribution is -0.142. The number of hydrogen-bond acceptors (Lipinski definition) is 10. The van der Waals surface area contributed by atoms with Crippen LogP contribution in [0.25, 0.3) is 0 Å². The summed E-state index contributed by atoms with van der Waals surface area (Å²) in [5.74, 6) is -1.65. The van der Waals surface area contributed by atoms with E-state index < -0.39 is 23.8 Å². The van der Waals surface area contributed by atoms with Gasteiger partial charge in [0, 0.05) is 87.1 Å². The predicted molar refractivity (Wildman–Crippen MR) is 287 cm³/mol. The maximum Gasteiger partial charge on any atom is 0.313 e. The van der Waals surface area contributed by atoms with Crippen LogP contribution in [0.15, 0.2) is 60.7 Å². The summed E-state index contributed by atoms with van der Waals surface area (Å²) in [5.41, 5.74) is 5.60. The van der Waals surface area contributed by atoms with E-state index in [2.05, 4.69) is 34.1 Å². The average Bonchev–Trinajstić information content (AvgIpc) is 3.63. The SMILES string of the molecule is CN1CCCCCCCN2C[C@@]3(CCCc4cc(Cl)ccc43)COc3ccc(nc32)[C@@H](C(=O)O)CC1=O.CN1CCCCCCCN2C[C@@]3(CCCc4cc(Cl)ccc43)COc3ccc(nc32)[C@H](C(=O)O)CC1=O. The number of aliphatic carboxylic acids is 2. The Labute approximate surface area is 445 Å². The van der Waals surface area contributed by atoms with Crippen molar-refractivity contribution in [1.82, 2.24) is 19.8 Å². The first kappa shape index (κ1) is 53.2. The molecule has 0 saturated heterocycles. The average molecular weight is 1050 g/mol. The molecule has 6 aliphatic rings. The van der Waals surface area contributed by atoms with Crippen LogP contribution in [0, 0.1) is 0 Å². The van der Waals surface area contributed by atoms with Crippen LogP contribution in [0.3, 0.4) is 0 Å². The third-order valence-electron chi connectivity index (χ3n) is 16.6. The molecule has 74 heavy (non-hydrogen) atoms. The van der Waals surface area contributed by atoms with Gasteiger partial charge in [-0.15, -0.1) is 0 Å². The van der Waals surface area contributed by atoms with Gasteiger partial charge in [0.25, 0.3) is 0 Å². The van der Waals surface area contributed by atoms with Gasteiger partial charge in [-0.2, -0.15) is 0 Å². The molecule has 16 heteroatoms. The predicted octanol–water partition coefficient (Wildman–Crippen LogP) is 10.4. The number of carboxylic acid groups (broad SMARTS) is 2. The van der Waals surface area contributed by atoms with E-state index in [9.17, 15) is 29.4 Å². The number of aromatic nitrogens is 2. The molecule has 4 aliphatic heterocycles. The molecule has 4 atom stereocenters. The number of rotatable bonds is 2. The number of aryl methyl sites for hydroxylation is 2. The number of ether oxygens (including phenoxy) is 2. The highest BCUT2D eigenvalue weighted by Gasteiger charge is 2.44. The second-order valence-corrected chi connectivity index (χ2v) is 22.6. The minimum Gasteiger partial charge on any atom is -0.489 e. The van der Waals surface area contributed by atoms with Crippen molar-refractivity contribution in [2.24, 2.45) is 0 Å². The standard InChI is InChI=1S/2C29H36ClN3O4/c2*1-32-14-5-3-2-4-6-15-33-18-29(13-7-8-20-16-21(30)9-10-23(20)29)19-37-25-12-11-24(31-27(25)33)22(28(35)36)17-26(32)34/h2*9-12,16,22H,2-8,13-15,17-19H2,1H3,(H,35,36)/t22-,29+;22-,29-/m10/s1. The van der Waals surface area contributed by atoms with E-state index in [-0.39, 0.29) is 35.5 Å². The van der Waals surface area contributed by atoms with E-state index >= 15 is 0 Å². The molecule has 0 saturated carbocycles. The number of fused-ring (bicyclic) bond motifs is 6. The van der Waals surface area contributed by atoms with Crippen molar-refractivity contribution < 1.29 is 38.9 Å². The number of carboxylic acids is 2. The van der Waals surface area contributed by atoms with Gasteiger partial charge < -0.3 is 39.3 Å². The van der Waals surface area contributed by atoms with Crippen molar-refractivity contribution in [2.75, 3.05) is 76.4 Å². The molecule has 2 aromatic heterocycles. The van der Waals surface area contributed by atoms with Gasteiger partial charge in [0.2, 0.25) is 11.8 Å². The molecule has 6 heterocycles. The van der Waals surface area contributed by atoms with Crippen LogP contribution in [0.2, 0.25) is 10.0 Å². The van der Waals surface area contributed by atoms with Crippen molar-refractivity contribution in [3.05, 3.63) is 104 Å². The first-order valence-electron chi connectivity index (χ1n) is 27.0. The van der Waals surface area contributed by atoms with Gasteiger partial charge in [-0.1, -0.05) is 73.9 Å². The lowest BCUT2D eigenvalue weighted by atomic mass is 9.70. The molecule has 2 aromatic carbocycles. The first-order chi connectivity index (χ1) is 35.7. The largest absolute Gasteiger partial charge is 0.489 e. The fourth-order valence-electron chi connectivity index (χ4n) is 12.4. The fraction of sp³-hybridized carbons (Fsp3) is 0.552. The monoisotopic (exact) mass is 1050 g/mol. The zero-order chi connectivity index (χ0) is 52.0. The molecule has 2 N–H and O–H groups in total. The maximum absolute atomic E-state index is 12.8. The molecule has 2 amide bonds. The van der Waals surface area contributed by atoms with Crippen molar-refractivity contribution in [1.29, 1.82) is 0 Å². The summed E-state index contributed by atoms with van der Waals surface area (Å²) in [4.78, 5) is 67.9. The van der Waals surface area contributed by atoms with E-state index in [0.717, 1.165) is 139 Å². The number of nitrogens with zero attached hydrogens (tertiary/aromatic N) is 6. The molecule has 0 unspecified atom stereocenters. The molecule has 14 nitrogen and oxygen atoms in total. The van der Waals surface area contributed by atoms with Crippen LogP contribution < -0.4 is 19.3 Å². The summed E-state index contributed by atoms with van der Waals surface area (Å²) in [5, 5.41) is 21.6. The van der Waals surface area contributed by atoms with E-state index in [0.29, 0.717) is 60.8 Å². The Hall–Kier alpha value is -5.60. The number of pyridine rings is 2. The molecule has 0 fully saturated rings. The molecular formula is C58H72Cl2N6O8. The van der Waals surface area contributed by atoms with Crippen molar-refractivity contribution >= 4 is 58.6 Å². The zero-order valence-corrected chi connectivity index (χ0v) is 44.6. The molecular weight excluding hydrogens is 980 g/mol. The zero-order valence-electron chi connectivity index (χ0n) is 43.1. The molecule has 4 aromatic rings. The first-order valence-corrected chi connectivity index (χ1v) is 27.8. The summed E-state index contributed by atoms with van der Waals surface area (Å²) in [6, 6.07) is 19.6. The van der Waals surface area contributed by atoms with E-state index in [1.165, 1.54) is 22.3 Å². The van der Waals surface area contributed by atoms with Crippen LogP contribution in [-0.4, -0.2) is 120 Å². The second-order valence-electron chi connectivity index (χ2n) is 21.8. The van der Waals surface area contributed by atoms with Crippen LogP contribution in [0.5, 0.6) is 11.5 Å². The fourth-order valence-corrected chi connectivity index (χ4v) is 12.7. The third-order valence-corrected chi connectivity index (χ3v) is 17.0. The Kier molecular flexibility index (Phi) is 16.9. The van der Waals surface area contributed by atoms with Crippen molar-refractivity contribution in [2.45, 2.75) is 138 Å². The normalized spacial score (nSPS) is 24.9. The van der Waals surface area contributed by atoms with Crippen molar-refractivity contribution in [3.8, 4) is 11.5 Å². The maximum atomic E-state index is 12.8. The summed E-state index contributed by atoms with van der Waals surface area (Å²) in [6.45, 7) is 5.54. The van der Waals surface area contributed by atoms with Crippen LogP contribution in [0.1, 0.15) is 148 Å². The Balaban J connectivity index is 0.000000182.